The summed E-state index contributed by atoms with van der Waals surface area (Å²) in [5, 5.41) is 27.8. The molecule has 14 heavy (non-hydrogen) atoms. The Hall–Kier alpha value is -1.18. The van der Waals surface area contributed by atoms with Crippen LogP contribution in [-0.4, -0.2) is 37.4 Å². The summed E-state index contributed by atoms with van der Waals surface area (Å²) in [6, 6.07) is 0. The fraction of sp³-hybridized carbons (Fsp3) is 0.500. The van der Waals surface area contributed by atoms with Crippen LogP contribution in [0.3, 0.4) is 0 Å². The number of aliphatic hydroxyl groups excluding tert-OH is 2. The van der Waals surface area contributed by atoms with Crippen molar-refractivity contribution in [2.45, 2.75) is 12.6 Å². The highest BCUT2D eigenvalue weighted by Gasteiger charge is 2.18. The lowest BCUT2D eigenvalue weighted by Gasteiger charge is -2.05. The van der Waals surface area contributed by atoms with E-state index in [0.717, 1.165) is 6.20 Å². The molecule has 0 spiro atoms. The molecule has 7 nitrogen and oxygen atoms in total. The molecule has 1 rings (SSSR count). The van der Waals surface area contributed by atoms with Crippen molar-refractivity contribution in [1.29, 1.82) is 0 Å². The maximum absolute atomic E-state index is 10.3. The highest BCUT2D eigenvalue weighted by atomic mass is 35.5. The SMILES string of the molecule is O=[N+]([O-])c1cn(C[C@H](O)CO)c(Cl)n1. The van der Waals surface area contributed by atoms with Gasteiger partial charge in [-0.3, -0.25) is 4.57 Å². The Bertz CT molecular complexity index is 340. The van der Waals surface area contributed by atoms with Crippen molar-refractivity contribution in [3.05, 3.63) is 21.6 Å². The lowest BCUT2D eigenvalue weighted by molar-refractivity contribution is -0.389. The summed E-state index contributed by atoms with van der Waals surface area (Å²) < 4.78 is 1.20. The van der Waals surface area contributed by atoms with E-state index in [1.165, 1.54) is 4.57 Å². The maximum atomic E-state index is 10.3. The monoisotopic (exact) mass is 221 g/mol. The molecule has 1 atom stereocenters. The van der Waals surface area contributed by atoms with Crippen molar-refractivity contribution in [3.63, 3.8) is 0 Å². The van der Waals surface area contributed by atoms with Crippen molar-refractivity contribution in [2.75, 3.05) is 6.61 Å². The molecule has 8 heteroatoms. The van der Waals surface area contributed by atoms with Crippen LogP contribution < -0.4 is 0 Å². The lowest BCUT2D eigenvalue weighted by Crippen LogP contribution is -2.19. The van der Waals surface area contributed by atoms with Crippen molar-refractivity contribution < 1.29 is 15.1 Å². The molecule has 1 aromatic rings. The van der Waals surface area contributed by atoms with Crippen molar-refractivity contribution in [3.8, 4) is 0 Å². The number of halogens is 1. The molecule has 0 saturated carbocycles. The van der Waals surface area contributed by atoms with Crippen LogP contribution in [0.4, 0.5) is 5.82 Å². The quantitative estimate of drug-likeness (QED) is 0.542. The second-order valence-corrected chi connectivity index (χ2v) is 2.95. The molecule has 0 aliphatic carbocycles. The van der Waals surface area contributed by atoms with E-state index in [1.807, 2.05) is 0 Å². The number of aromatic nitrogens is 2. The second kappa shape index (κ2) is 4.36. The van der Waals surface area contributed by atoms with Gasteiger partial charge in [0.2, 0.25) is 0 Å². The molecular formula is C6H8ClN3O4. The van der Waals surface area contributed by atoms with Gasteiger partial charge in [-0.15, -0.1) is 0 Å². The van der Waals surface area contributed by atoms with Gasteiger partial charge < -0.3 is 20.3 Å². The van der Waals surface area contributed by atoms with Crippen LogP contribution >= 0.6 is 11.6 Å². The minimum absolute atomic E-state index is 0.0316. The molecule has 0 saturated heterocycles. The summed E-state index contributed by atoms with van der Waals surface area (Å²) in [5.74, 6) is -0.389. The first-order valence-corrected chi connectivity index (χ1v) is 4.08. The van der Waals surface area contributed by atoms with E-state index < -0.39 is 17.6 Å². The van der Waals surface area contributed by atoms with Crippen molar-refractivity contribution >= 4 is 17.4 Å². The number of rotatable bonds is 4. The Labute approximate surface area is 83.7 Å². The van der Waals surface area contributed by atoms with E-state index in [2.05, 4.69) is 4.98 Å². The number of hydrogen-bond donors (Lipinski definition) is 2. The predicted octanol–water partition coefficient (Wildman–Crippen LogP) is -0.202. The van der Waals surface area contributed by atoms with Gasteiger partial charge in [0.25, 0.3) is 0 Å². The van der Waals surface area contributed by atoms with E-state index >= 15 is 0 Å². The van der Waals surface area contributed by atoms with Crippen LogP contribution in [0.15, 0.2) is 6.20 Å². The Kier molecular flexibility index (Phi) is 3.39. The summed E-state index contributed by atoms with van der Waals surface area (Å²) in [5.41, 5.74) is 0. The van der Waals surface area contributed by atoms with Crippen LogP contribution in [0.25, 0.3) is 0 Å². The highest BCUT2D eigenvalue weighted by molar-refractivity contribution is 6.28. The van der Waals surface area contributed by atoms with Gasteiger partial charge in [-0.2, -0.15) is 0 Å². The van der Waals surface area contributed by atoms with Gasteiger partial charge in [-0.1, -0.05) is 0 Å². The minimum atomic E-state index is -1.01. The van der Waals surface area contributed by atoms with Gasteiger partial charge in [0, 0.05) is 0 Å². The lowest BCUT2D eigenvalue weighted by atomic mass is 10.4. The average molecular weight is 222 g/mol. The summed E-state index contributed by atoms with van der Waals surface area (Å²) in [6.07, 6.45) is 0.0857. The Morgan fingerprint density at radius 1 is 1.79 bits per heavy atom. The summed E-state index contributed by atoms with van der Waals surface area (Å²) in [7, 11) is 0. The molecule has 78 valence electrons. The Morgan fingerprint density at radius 3 is 2.86 bits per heavy atom. The predicted molar refractivity (Wildman–Crippen MR) is 47.0 cm³/mol. The molecule has 0 fully saturated rings. The van der Waals surface area contributed by atoms with Gasteiger partial charge in [-0.25, -0.2) is 0 Å². The fourth-order valence-electron chi connectivity index (χ4n) is 0.881. The molecule has 2 N–H and O–H groups in total. The number of imidazole rings is 1. The van der Waals surface area contributed by atoms with Crippen LogP contribution in [0.1, 0.15) is 0 Å². The number of nitrogens with zero attached hydrogens (tertiary/aromatic N) is 3. The smallest absolute Gasteiger partial charge is 0.383 e. The van der Waals surface area contributed by atoms with E-state index in [-0.39, 0.29) is 17.6 Å². The van der Waals surface area contributed by atoms with Gasteiger partial charge in [0.05, 0.1) is 19.3 Å². The van der Waals surface area contributed by atoms with Gasteiger partial charge in [0.1, 0.15) is 6.20 Å². The molecular weight excluding hydrogens is 214 g/mol. The molecule has 0 amide bonds. The third kappa shape index (κ3) is 2.41. The highest BCUT2D eigenvalue weighted by Crippen LogP contribution is 2.15. The zero-order valence-corrected chi connectivity index (χ0v) is 7.76. The molecule has 1 heterocycles. The molecule has 0 aliphatic heterocycles. The fourth-order valence-corrected chi connectivity index (χ4v) is 1.09. The molecule has 0 bridgehead atoms. The first-order chi connectivity index (χ1) is 6.54. The third-order valence-corrected chi connectivity index (χ3v) is 1.82. The van der Waals surface area contributed by atoms with Crippen molar-refractivity contribution in [2.24, 2.45) is 0 Å². The standard InChI is InChI=1S/C6H8ClN3O4/c7-6-8-5(10(13)14)2-9(6)1-4(12)3-11/h2,4,11-12H,1,3H2/t4-/m0/s1. The first-order valence-electron chi connectivity index (χ1n) is 3.70. The minimum Gasteiger partial charge on any atom is -0.394 e. The van der Waals surface area contributed by atoms with Crippen LogP contribution in [-0.2, 0) is 6.54 Å². The molecule has 0 unspecified atom stereocenters. The molecule has 0 radical (unpaired) electrons. The number of nitro groups is 1. The Morgan fingerprint density at radius 2 is 2.43 bits per heavy atom. The second-order valence-electron chi connectivity index (χ2n) is 2.61. The van der Waals surface area contributed by atoms with E-state index in [0.29, 0.717) is 0 Å². The normalized spacial score (nSPS) is 12.8. The summed E-state index contributed by atoms with van der Waals surface area (Å²) >= 11 is 5.54. The van der Waals surface area contributed by atoms with Gasteiger partial charge in [-0.05, 0) is 21.5 Å². The maximum Gasteiger partial charge on any atom is 0.383 e. The zero-order valence-electron chi connectivity index (χ0n) is 7.00. The van der Waals surface area contributed by atoms with Crippen LogP contribution in [0, 0.1) is 10.1 Å². The van der Waals surface area contributed by atoms with E-state index in [1.54, 1.807) is 0 Å². The van der Waals surface area contributed by atoms with E-state index in [4.69, 9.17) is 21.8 Å². The van der Waals surface area contributed by atoms with Gasteiger partial charge >= 0.3 is 11.1 Å². The third-order valence-electron chi connectivity index (χ3n) is 1.52. The van der Waals surface area contributed by atoms with E-state index in [9.17, 15) is 10.1 Å². The van der Waals surface area contributed by atoms with Gasteiger partial charge in [0.15, 0.2) is 0 Å². The molecule has 0 aromatic carbocycles. The first kappa shape index (κ1) is 10.9. The molecule has 1 aromatic heterocycles. The van der Waals surface area contributed by atoms with Crippen molar-refractivity contribution in [1.82, 2.24) is 9.55 Å². The average Bonchev–Trinajstić information content (AvgIpc) is 2.48. The number of hydrogen-bond acceptors (Lipinski definition) is 5. The topological polar surface area (TPSA) is 101 Å². The van der Waals surface area contributed by atoms with Crippen LogP contribution in [0.2, 0.25) is 5.28 Å². The summed E-state index contributed by atoms with van der Waals surface area (Å²) in [6.45, 7) is -0.474. The zero-order chi connectivity index (χ0) is 10.7. The Balaban J connectivity index is 2.82. The van der Waals surface area contributed by atoms with Crippen LogP contribution in [0.5, 0.6) is 0 Å². The largest absolute Gasteiger partial charge is 0.394 e. The molecule has 0 aliphatic rings. The summed E-state index contributed by atoms with van der Waals surface area (Å²) in [4.78, 5) is 13.0. The number of aliphatic hydroxyl groups is 2.